The van der Waals surface area contributed by atoms with E-state index in [2.05, 4.69) is 112 Å². The molecular weight excluding hydrogens is 1770 g/mol. The highest BCUT2D eigenvalue weighted by Crippen LogP contribution is 2.46. The van der Waals surface area contributed by atoms with Gasteiger partial charge >= 0.3 is 90.8 Å². The number of hydrogen-bond acceptors (Lipinski definition) is 28. The summed E-state index contributed by atoms with van der Waals surface area (Å²) in [7, 11) is -23.7. The molecule has 28 nitrogen and oxygen atoms in total. The number of hydrogen-bond donors (Lipinski definition) is 0. The first-order chi connectivity index (χ1) is 55.4. The summed E-state index contributed by atoms with van der Waals surface area (Å²) in [6.45, 7) is 60.2. The van der Waals surface area contributed by atoms with E-state index in [0.29, 0.717) is 31.8 Å². The minimum Gasteiger partial charge on any atom is -0.405 e. The third kappa shape index (κ3) is 33.3. The lowest BCUT2D eigenvalue weighted by Gasteiger charge is -2.32. The van der Waals surface area contributed by atoms with E-state index in [-0.39, 0.29) is 151 Å². The van der Waals surface area contributed by atoms with Crippen LogP contribution in [-0.4, -0.2) is 220 Å². The highest BCUT2D eigenvalue weighted by Gasteiger charge is 2.65. The van der Waals surface area contributed by atoms with Gasteiger partial charge in [-0.15, -0.1) is 0 Å². The summed E-state index contributed by atoms with van der Waals surface area (Å²) >= 11 is 0. The van der Waals surface area contributed by atoms with E-state index in [0.717, 1.165) is 19.4 Å². The maximum atomic E-state index is 12.0. The summed E-state index contributed by atoms with van der Waals surface area (Å²) in [5, 5.41) is 0. The standard InChI is InChI=1S/2C13H23BO3.C12H24B2O4.4C8H11F3O4S.C7H12O2/c2*1-11(2)9-10(7-8-15-11)14-16-12(3,4)13(5,6)17-14;1-9(2)10(3,4)16-13(15-9)14-17-11(5,6)12(7,8)18-14;4*1-7(2)5-6(3-4-14-7)15-16(12,13)8(9,10)11;1-7(2)5-6(8)3-4-9-7/h9H,7-8H2,1-6H3;7H,8-9H2,1-6H3;1-8H3;2*5H,3-4H2,1-2H3;2*3H,4-5H2,1-2H3;3-5H2,1-2H3. The van der Waals surface area contributed by atoms with E-state index in [1.54, 1.807) is 55.4 Å². The Morgan fingerprint density at radius 2 is 0.520 bits per heavy atom. The predicted octanol–water partition coefficient (Wildman–Crippen LogP) is 16.6. The van der Waals surface area contributed by atoms with Crippen LogP contribution in [0.5, 0.6) is 0 Å². The SMILES string of the molecule is CC1(C)C=C(B2OC(C)(C)C(C)(C)O2)CCO1.CC1(C)C=C(OS(=O)(=O)C(F)(F)F)CCO1.CC1(C)C=C(OS(=O)(=O)C(F)(F)F)CCO1.CC1(C)CC(=O)CCO1.CC1(C)CC(B2OC(C)(C)C(C)(C)O2)=CCO1.CC1(C)CC(OS(=O)(=O)C(F)(F)F)=CCO1.CC1(C)CC(OS(=O)(=O)C(F)(F)F)=CCO1.CC1(C)OB(B2OC(C)(C)C(C)(C)O2)OC1(C)C. The fraction of sp³-hybridized carbons (Fsp3) is 0.831. The minimum absolute atomic E-state index is 0.00125. The smallest absolute Gasteiger partial charge is 0.405 e. The predicted molar refractivity (Wildman–Crippen MR) is 439 cm³/mol. The summed E-state index contributed by atoms with van der Waals surface area (Å²) in [5.41, 5.74) is -25.3. The largest absolute Gasteiger partial charge is 0.534 e. The molecule has 0 unspecified atom stereocenters. The van der Waals surface area contributed by atoms with Crippen LogP contribution < -0.4 is 0 Å². The average Bonchev–Trinajstić information content (AvgIpc) is 1.60. The molecule has 0 atom stereocenters. The first kappa shape index (κ1) is 113. The Balaban J connectivity index is 0.000000301. The number of rotatable bonds is 11. The minimum atomic E-state index is -5.57. The van der Waals surface area contributed by atoms with Gasteiger partial charge in [0.2, 0.25) is 0 Å². The summed E-state index contributed by atoms with van der Waals surface area (Å²) < 4.78 is 331. The maximum absolute atomic E-state index is 12.0. The second-order valence-corrected chi connectivity index (χ2v) is 45.0. The van der Waals surface area contributed by atoms with E-state index in [1.165, 1.54) is 35.2 Å². The molecule has 0 amide bonds. The van der Waals surface area contributed by atoms with Crippen molar-refractivity contribution in [1.29, 1.82) is 0 Å². The molecule has 0 N–H and O–H groups in total. The molecular formula is C77H126B4F12O28S4. The van der Waals surface area contributed by atoms with Gasteiger partial charge in [-0.1, -0.05) is 12.2 Å². The van der Waals surface area contributed by atoms with Crippen molar-refractivity contribution < 1.29 is 178 Å². The normalized spacial score (nSPS) is 25.7. The molecule has 125 heavy (non-hydrogen) atoms. The number of alkyl halides is 12. The Hall–Kier alpha value is -4.07. The highest BCUT2D eigenvalue weighted by atomic mass is 32.2. The lowest BCUT2D eigenvalue weighted by molar-refractivity contribution is -0.135. The van der Waals surface area contributed by atoms with Gasteiger partial charge in [0.1, 0.15) is 28.8 Å². The van der Waals surface area contributed by atoms with Crippen LogP contribution in [0.15, 0.2) is 70.4 Å². The number of carbonyl (C=O) groups excluding carboxylic acids is 1. The van der Waals surface area contributed by atoms with Crippen LogP contribution >= 0.6 is 0 Å². The Kier molecular flexibility index (Phi) is 35.9. The van der Waals surface area contributed by atoms with Crippen LogP contribution in [0.2, 0.25) is 0 Å². The van der Waals surface area contributed by atoms with Gasteiger partial charge in [0.15, 0.2) is 0 Å². The van der Waals surface area contributed by atoms with E-state index in [9.17, 15) is 91.2 Å². The molecule has 11 rings (SSSR count). The molecule has 722 valence electrons. The maximum Gasteiger partial charge on any atom is 0.534 e. The average molecular weight is 1900 g/mol. The molecule has 0 aromatic rings. The Labute approximate surface area is 731 Å². The van der Waals surface area contributed by atoms with Crippen LogP contribution in [0.1, 0.15) is 259 Å². The van der Waals surface area contributed by atoms with Crippen LogP contribution in [0.3, 0.4) is 0 Å². The number of ketones is 1. The summed E-state index contributed by atoms with van der Waals surface area (Å²) in [5.74, 6) is -0.643. The fourth-order valence-corrected chi connectivity index (χ4v) is 14.1. The van der Waals surface area contributed by atoms with Crippen molar-refractivity contribution in [3.05, 3.63) is 70.4 Å². The monoisotopic (exact) mass is 1900 g/mol. The van der Waals surface area contributed by atoms with E-state index in [4.69, 9.17) is 70.4 Å². The Morgan fingerprint density at radius 3 is 0.768 bits per heavy atom. The van der Waals surface area contributed by atoms with Gasteiger partial charge in [-0.2, -0.15) is 86.4 Å². The van der Waals surface area contributed by atoms with Gasteiger partial charge in [0.05, 0.1) is 130 Å². The summed E-state index contributed by atoms with van der Waals surface area (Å²) in [4.78, 5) is 10.8. The number of halogens is 12. The quantitative estimate of drug-likeness (QED) is 0.0802. The topological polar surface area (TPSA) is 329 Å². The van der Waals surface area contributed by atoms with Crippen molar-refractivity contribution in [2.75, 3.05) is 46.2 Å². The van der Waals surface area contributed by atoms with Crippen LogP contribution in [-0.2, 0) is 132 Å². The van der Waals surface area contributed by atoms with Gasteiger partial charge in [-0.25, -0.2) is 0 Å². The fourth-order valence-electron chi connectivity index (χ4n) is 12.0. The molecule has 11 aliphatic heterocycles. The second kappa shape index (κ2) is 39.6. The van der Waals surface area contributed by atoms with E-state index < -0.39 is 98.9 Å². The third-order valence-electron chi connectivity index (χ3n) is 21.7. The van der Waals surface area contributed by atoms with Crippen molar-refractivity contribution in [3.63, 3.8) is 0 Å². The lowest BCUT2D eigenvalue weighted by atomic mass is 9.49. The molecule has 11 aliphatic rings. The molecule has 0 aromatic carbocycles. The molecule has 11 heterocycles. The van der Waals surface area contributed by atoms with Gasteiger partial charge in [-0.3, -0.25) is 4.79 Å². The molecule has 0 saturated carbocycles. The van der Waals surface area contributed by atoms with Gasteiger partial charge in [0.25, 0.3) is 0 Å². The van der Waals surface area contributed by atoms with Crippen LogP contribution in [0.25, 0.3) is 0 Å². The van der Waals surface area contributed by atoms with Crippen molar-refractivity contribution in [1.82, 2.24) is 0 Å². The summed E-state index contributed by atoms with van der Waals surface area (Å²) in [6, 6.07) is 0. The molecule has 0 bridgehead atoms. The highest BCUT2D eigenvalue weighted by molar-refractivity contribution is 7.88. The first-order valence-corrected chi connectivity index (χ1v) is 45.7. The summed E-state index contributed by atoms with van der Waals surface area (Å²) in [6.07, 6.45) is 11.9. The molecule has 0 aromatic heterocycles. The number of Topliss-reactive ketones (excluding diaryl/α,β-unsaturated/α-hetero) is 1. The van der Waals surface area contributed by atoms with Crippen molar-refractivity contribution in [2.24, 2.45) is 0 Å². The zero-order valence-corrected chi connectivity index (χ0v) is 80.2. The molecule has 5 fully saturated rings. The van der Waals surface area contributed by atoms with Crippen molar-refractivity contribution >= 4 is 74.5 Å². The van der Waals surface area contributed by atoms with Gasteiger partial charge in [0, 0.05) is 38.5 Å². The zero-order chi connectivity index (χ0) is 97.1. The number of ether oxygens (including phenoxy) is 7. The van der Waals surface area contributed by atoms with Crippen LogP contribution in [0.4, 0.5) is 52.7 Å². The first-order valence-electron chi connectivity index (χ1n) is 40.0. The van der Waals surface area contributed by atoms with Gasteiger partial charge in [-0.05, 0) is 256 Å². The van der Waals surface area contributed by atoms with Crippen molar-refractivity contribution in [2.45, 2.75) is 365 Å². The van der Waals surface area contributed by atoms with E-state index in [1.807, 2.05) is 69.2 Å². The molecule has 48 heteroatoms. The Bertz CT molecular complexity index is 4140. The molecule has 0 aliphatic carbocycles. The molecule has 5 saturated heterocycles. The number of carbonyl (C=O) groups is 1. The lowest BCUT2D eigenvalue weighted by Crippen LogP contribution is -2.41. The molecule has 0 spiro atoms. The Morgan fingerprint density at radius 1 is 0.280 bits per heavy atom. The second-order valence-electron chi connectivity index (χ2n) is 38.8. The third-order valence-corrected chi connectivity index (χ3v) is 25.7. The van der Waals surface area contributed by atoms with Gasteiger partial charge < -0.3 is 87.1 Å². The van der Waals surface area contributed by atoms with E-state index >= 15 is 0 Å². The zero-order valence-electron chi connectivity index (χ0n) is 77.0. The van der Waals surface area contributed by atoms with Crippen LogP contribution in [0, 0.1) is 0 Å². The molecule has 0 radical (unpaired) electrons. The van der Waals surface area contributed by atoms with Crippen molar-refractivity contribution in [3.8, 4) is 0 Å².